The Morgan fingerprint density at radius 3 is 2.63 bits per heavy atom. The van der Waals surface area contributed by atoms with Gasteiger partial charge < -0.3 is 10.6 Å². The Kier molecular flexibility index (Phi) is 6.56. The van der Waals surface area contributed by atoms with Gasteiger partial charge in [0.2, 0.25) is 11.8 Å². The van der Waals surface area contributed by atoms with Crippen LogP contribution < -0.4 is 10.6 Å². The van der Waals surface area contributed by atoms with Crippen molar-refractivity contribution >= 4 is 45.7 Å². The molecule has 0 spiro atoms. The molecular formula is C19H18N4O2S2. The Morgan fingerprint density at radius 2 is 1.93 bits per heavy atom. The minimum atomic E-state index is -0.109. The molecule has 0 aliphatic carbocycles. The van der Waals surface area contributed by atoms with Crippen LogP contribution in [-0.2, 0) is 15.3 Å². The van der Waals surface area contributed by atoms with Crippen LogP contribution in [0, 0.1) is 0 Å². The second-order valence-electron chi connectivity index (χ2n) is 5.66. The fourth-order valence-electron chi connectivity index (χ4n) is 2.28. The van der Waals surface area contributed by atoms with Crippen LogP contribution in [0.15, 0.2) is 54.0 Å². The Hall–Kier alpha value is -2.71. The lowest BCUT2D eigenvalue weighted by Crippen LogP contribution is -2.14. The average molecular weight is 399 g/mol. The first kappa shape index (κ1) is 19.1. The van der Waals surface area contributed by atoms with E-state index in [9.17, 15) is 9.59 Å². The van der Waals surface area contributed by atoms with Crippen molar-refractivity contribution in [1.82, 2.24) is 9.97 Å². The molecule has 2 heterocycles. The molecule has 0 bridgehead atoms. The van der Waals surface area contributed by atoms with Gasteiger partial charge in [-0.15, -0.1) is 23.1 Å². The molecule has 0 saturated heterocycles. The number of benzene rings is 1. The highest BCUT2D eigenvalue weighted by Gasteiger charge is 2.09. The van der Waals surface area contributed by atoms with Crippen LogP contribution in [0.3, 0.4) is 0 Å². The van der Waals surface area contributed by atoms with Crippen molar-refractivity contribution in [3.05, 3.63) is 59.7 Å². The maximum atomic E-state index is 12.1. The van der Waals surface area contributed by atoms with Gasteiger partial charge in [-0.1, -0.05) is 18.2 Å². The molecule has 2 aromatic heterocycles. The van der Waals surface area contributed by atoms with Crippen molar-refractivity contribution in [1.29, 1.82) is 0 Å². The van der Waals surface area contributed by atoms with Crippen LogP contribution >= 0.6 is 23.1 Å². The van der Waals surface area contributed by atoms with Crippen LogP contribution in [0.5, 0.6) is 0 Å². The van der Waals surface area contributed by atoms with Crippen molar-refractivity contribution in [3.8, 4) is 11.3 Å². The number of pyridine rings is 1. The molecular weight excluding hydrogens is 380 g/mol. The molecule has 0 fully saturated rings. The summed E-state index contributed by atoms with van der Waals surface area (Å²) in [6.45, 7) is 1.47. The number of thiazole rings is 1. The quantitative estimate of drug-likeness (QED) is 0.628. The predicted molar refractivity (Wildman–Crippen MR) is 111 cm³/mol. The number of carbonyl (C=O) groups excluding carboxylic acids is 2. The summed E-state index contributed by atoms with van der Waals surface area (Å²) in [7, 11) is 0. The molecule has 0 aliphatic heterocycles. The van der Waals surface area contributed by atoms with E-state index in [-0.39, 0.29) is 11.8 Å². The monoisotopic (exact) mass is 398 g/mol. The molecule has 138 valence electrons. The second kappa shape index (κ2) is 9.29. The molecule has 0 unspecified atom stereocenters. The maximum absolute atomic E-state index is 12.1. The number of nitrogens with one attached hydrogen (secondary N) is 2. The summed E-state index contributed by atoms with van der Waals surface area (Å²) in [4.78, 5) is 31.8. The van der Waals surface area contributed by atoms with E-state index in [2.05, 4.69) is 20.6 Å². The van der Waals surface area contributed by atoms with Gasteiger partial charge in [0.1, 0.15) is 0 Å². The summed E-state index contributed by atoms with van der Waals surface area (Å²) >= 11 is 2.89. The highest BCUT2D eigenvalue weighted by atomic mass is 32.2. The first-order valence-corrected chi connectivity index (χ1v) is 10.2. The molecule has 0 atom stereocenters. The van der Waals surface area contributed by atoms with Gasteiger partial charge in [0.05, 0.1) is 17.1 Å². The van der Waals surface area contributed by atoms with Gasteiger partial charge in [0, 0.05) is 35.5 Å². The second-order valence-corrected chi connectivity index (χ2v) is 7.50. The molecule has 3 rings (SSSR count). The fraction of sp³-hybridized carbons (Fsp3) is 0.158. The molecule has 27 heavy (non-hydrogen) atoms. The minimum absolute atomic E-state index is 0.0853. The van der Waals surface area contributed by atoms with Crippen molar-refractivity contribution < 1.29 is 9.59 Å². The number of anilines is 2. The maximum Gasteiger partial charge on any atom is 0.236 e. The summed E-state index contributed by atoms with van der Waals surface area (Å²) in [5.74, 6) is 0.842. The van der Waals surface area contributed by atoms with E-state index in [0.717, 1.165) is 22.6 Å². The number of amides is 2. The van der Waals surface area contributed by atoms with Gasteiger partial charge >= 0.3 is 0 Å². The third-order valence-corrected chi connectivity index (χ3v) is 5.18. The zero-order valence-electron chi connectivity index (χ0n) is 14.6. The highest BCUT2D eigenvalue weighted by Crippen LogP contribution is 2.26. The van der Waals surface area contributed by atoms with Crippen molar-refractivity contribution in [2.24, 2.45) is 0 Å². The molecule has 3 aromatic rings. The Morgan fingerprint density at radius 1 is 1.11 bits per heavy atom. The van der Waals surface area contributed by atoms with Gasteiger partial charge in [0.25, 0.3) is 0 Å². The van der Waals surface area contributed by atoms with Gasteiger partial charge in [-0.05, 0) is 24.3 Å². The third kappa shape index (κ3) is 5.90. The van der Waals surface area contributed by atoms with Gasteiger partial charge in [0.15, 0.2) is 5.13 Å². The van der Waals surface area contributed by atoms with E-state index in [0.29, 0.717) is 16.6 Å². The fourth-order valence-corrected chi connectivity index (χ4v) is 3.75. The van der Waals surface area contributed by atoms with E-state index in [4.69, 9.17) is 0 Å². The number of hydrogen-bond donors (Lipinski definition) is 2. The molecule has 6 nitrogen and oxygen atoms in total. The predicted octanol–water partition coefficient (Wildman–Crippen LogP) is 4.04. The van der Waals surface area contributed by atoms with Crippen LogP contribution in [0.4, 0.5) is 10.8 Å². The van der Waals surface area contributed by atoms with E-state index in [1.54, 1.807) is 6.20 Å². The normalized spacial score (nSPS) is 10.4. The number of nitrogens with zero attached hydrogens (tertiary/aromatic N) is 2. The van der Waals surface area contributed by atoms with E-state index >= 15 is 0 Å². The van der Waals surface area contributed by atoms with Gasteiger partial charge in [-0.25, -0.2) is 4.98 Å². The summed E-state index contributed by atoms with van der Waals surface area (Å²) < 4.78 is 0. The molecule has 8 heteroatoms. The topological polar surface area (TPSA) is 84.0 Å². The zero-order chi connectivity index (χ0) is 19.1. The summed E-state index contributed by atoms with van der Waals surface area (Å²) in [6.07, 6.45) is 1.75. The SMILES string of the molecule is CC(=O)Nc1ccc(-c2csc(NC(=O)CSCc3ccccn3)n2)cc1. The van der Waals surface area contributed by atoms with Crippen LogP contribution in [0.25, 0.3) is 11.3 Å². The van der Waals surface area contributed by atoms with E-state index < -0.39 is 0 Å². The van der Waals surface area contributed by atoms with Crippen LogP contribution in [0.2, 0.25) is 0 Å². The van der Waals surface area contributed by atoms with Gasteiger partial charge in [-0.2, -0.15) is 0 Å². The summed E-state index contributed by atoms with van der Waals surface area (Å²) in [5, 5.41) is 8.01. The number of carbonyl (C=O) groups is 2. The molecule has 2 amide bonds. The third-order valence-electron chi connectivity index (χ3n) is 3.46. The molecule has 0 aliphatic rings. The smallest absolute Gasteiger partial charge is 0.236 e. The Labute approximate surface area is 165 Å². The lowest BCUT2D eigenvalue weighted by Gasteiger charge is -2.03. The Balaban J connectivity index is 1.51. The van der Waals surface area contributed by atoms with Gasteiger partial charge in [-0.3, -0.25) is 14.6 Å². The van der Waals surface area contributed by atoms with E-state index in [1.807, 2.05) is 47.8 Å². The number of thioether (sulfide) groups is 1. The lowest BCUT2D eigenvalue weighted by atomic mass is 10.1. The Bertz CT molecular complexity index is 911. The van der Waals surface area contributed by atoms with Crippen LogP contribution in [-0.4, -0.2) is 27.5 Å². The summed E-state index contributed by atoms with van der Waals surface area (Å²) in [6, 6.07) is 13.2. The highest BCUT2D eigenvalue weighted by molar-refractivity contribution is 7.99. The molecule has 2 N–H and O–H groups in total. The largest absolute Gasteiger partial charge is 0.326 e. The van der Waals surface area contributed by atoms with Crippen molar-refractivity contribution in [2.75, 3.05) is 16.4 Å². The molecule has 1 aromatic carbocycles. The van der Waals surface area contributed by atoms with E-state index in [1.165, 1.54) is 30.0 Å². The lowest BCUT2D eigenvalue weighted by molar-refractivity contribution is -0.114. The first-order chi connectivity index (χ1) is 13.1. The van der Waals surface area contributed by atoms with Crippen molar-refractivity contribution in [2.45, 2.75) is 12.7 Å². The number of rotatable bonds is 7. The molecule has 0 radical (unpaired) electrons. The van der Waals surface area contributed by atoms with Crippen molar-refractivity contribution in [3.63, 3.8) is 0 Å². The number of hydrogen-bond acceptors (Lipinski definition) is 6. The standard InChI is InChI=1S/C19H18N4O2S2/c1-13(24)21-15-7-5-14(6-8-15)17-11-27-19(22-17)23-18(25)12-26-10-16-4-2-3-9-20-16/h2-9,11H,10,12H2,1H3,(H,21,24)(H,22,23,25). The molecule has 0 saturated carbocycles. The summed E-state index contributed by atoms with van der Waals surface area (Å²) in [5.41, 5.74) is 3.39. The average Bonchev–Trinajstić information content (AvgIpc) is 3.11. The zero-order valence-corrected chi connectivity index (χ0v) is 16.3. The first-order valence-electron chi connectivity index (χ1n) is 8.21. The van der Waals surface area contributed by atoms with Crippen LogP contribution in [0.1, 0.15) is 12.6 Å². The minimum Gasteiger partial charge on any atom is -0.326 e. The number of aromatic nitrogens is 2.